The first-order valence-electron chi connectivity index (χ1n) is 7.58. The average molecular weight is 388 g/mol. The lowest BCUT2D eigenvalue weighted by atomic mass is 10.1. The molecule has 24 heavy (non-hydrogen) atoms. The number of hydrogen-bond donors (Lipinski definition) is 1. The van der Waals surface area contributed by atoms with Gasteiger partial charge in [0.2, 0.25) is 5.91 Å². The summed E-state index contributed by atoms with van der Waals surface area (Å²) in [7, 11) is 0. The zero-order valence-corrected chi connectivity index (χ0v) is 15.3. The molecule has 1 aromatic carbocycles. The average Bonchev–Trinajstić information content (AvgIpc) is 3.20. The molecule has 1 amide bonds. The molecule has 4 nitrogen and oxygen atoms in total. The molecule has 0 bridgehead atoms. The summed E-state index contributed by atoms with van der Waals surface area (Å²) in [4.78, 5) is 19.0. The van der Waals surface area contributed by atoms with Crippen LogP contribution in [0.2, 0.25) is 10.0 Å². The number of anilines is 1. The van der Waals surface area contributed by atoms with E-state index in [0.29, 0.717) is 10.6 Å². The summed E-state index contributed by atoms with van der Waals surface area (Å²) in [6.07, 6.45) is 3.43. The van der Waals surface area contributed by atoms with Gasteiger partial charge in [0.15, 0.2) is 5.13 Å². The van der Waals surface area contributed by atoms with Crippen molar-refractivity contribution < 1.29 is 9.18 Å². The summed E-state index contributed by atoms with van der Waals surface area (Å²) < 4.78 is 13.7. The van der Waals surface area contributed by atoms with Crippen molar-refractivity contribution >= 4 is 45.6 Å². The molecule has 2 aromatic rings. The predicted octanol–water partition coefficient (Wildman–Crippen LogP) is 4.44. The second-order valence-corrected chi connectivity index (χ2v) is 7.37. The number of carbonyl (C=O) groups excluding carboxylic acids is 1. The highest BCUT2D eigenvalue weighted by molar-refractivity contribution is 7.13. The molecule has 1 saturated heterocycles. The molecule has 0 radical (unpaired) electrons. The Morgan fingerprint density at radius 3 is 2.96 bits per heavy atom. The maximum Gasteiger partial charge on any atom is 0.243 e. The summed E-state index contributed by atoms with van der Waals surface area (Å²) in [6, 6.07) is 1.93. The van der Waals surface area contributed by atoms with Crippen LogP contribution in [-0.4, -0.2) is 23.5 Å². The predicted molar refractivity (Wildman–Crippen MR) is 95.5 cm³/mol. The first-order valence-corrected chi connectivity index (χ1v) is 9.22. The standard InChI is InChI=1S/C16H16Cl2FN3OS/c1-9(10-7-13(19)12(18)8-11(10)17)21-15(23)14-3-2-5-22(14)16-20-4-6-24-16/h4,6-9,14H,2-3,5H2,1H3,(H,21,23). The van der Waals surface area contributed by atoms with Gasteiger partial charge in [-0.25, -0.2) is 9.37 Å². The van der Waals surface area contributed by atoms with E-state index in [-0.39, 0.29) is 17.0 Å². The van der Waals surface area contributed by atoms with Crippen LogP contribution in [-0.2, 0) is 4.79 Å². The first-order chi connectivity index (χ1) is 11.5. The number of halogens is 3. The summed E-state index contributed by atoms with van der Waals surface area (Å²) in [5, 5.41) is 5.95. The molecule has 8 heteroatoms. The van der Waals surface area contributed by atoms with Crippen molar-refractivity contribution in [3.8, 4) is 0 Å². The number of aromatic nitrogens is 1. The number of nitrogens with one attached hydrogen (secondary N) is 1. The van der Waals surface area contributed by atoms with Crippen molar-refractivity contribution in [2.45, 2.75) is 31.8 Å². The molecule has 1 aromatic heterocycles. The molecule has 128 valence electrons. The van der Waals surface area contributed by atoms with E-state index in [2.05, 4.69) is 10.3 Å². The molecule has 1 fully saturated rings. The van der Waals surface area contributed by atoms with E-state index in [9.17, 15) is 9.18 Å². The summed E-state index contributed by atoms with van der Waals surface area (Å²) in [6.45, 7) is 2.57. The minimum absolute atomic E-state index is 0.0342. The highest BCUT2D eigenvalue weighted by Gasteiger charge is 2.33. The lowest BCUT2D eigenvalue weighted by Crippen LogP contribution is -2.44. The Bertz CT molecular complexity index is 741. The number of hydrogen-bond acceptors (Lipinski definition) is 4. The molecule has 0 spiro atoms. The van der Waals surface area contributed by atoms with Crippen LogP contribution in [0.25, 0.3) is 0 Å². The molecule has 0 aliphatic carbocycles. The second-order valence-electron chi connectivity index (χ2n) is 5.68. The smallest absolute Gasteiger partial charge is 0.243 e. The van der Waals surface area contributed by atoms with Crippen LogP contribution in [0, 0.1) is 5.82 Å². The first kappa shape index (κ1) is 17.5. The minimum Gasteiger partial charge on any atom is -0.348 e. The van der Waals surface area contributed by atoms with E-state index in [1.165, 1.54) is 23.5 Å². The highest BCUT2D eigenvalue weighted by Crippen LogP contribution is 2.30. The van der Waals surface area contributed by atoms with E-state index in [4.69, 9.17) is 23.2 Å². The Kier molecular flexibility index (Phi) is 5.27. The zero-order valence-electron chi connectivity index (χ0n) is 12.9. The van der Waals surface area contributed by atoms with Crippen LogP contribution < -0.4 is 10.2 Å². The van der Waals surface area contributed by atoms with Crippen molar-refractivity contribution in [2.24, 2.45) is 0 Å². The van der Waals surface area contributed by atoms with E-state index in [0.717, 1.165) is 24.5 Å². The number of amides is 1. The van der Waals surface area contributed by atoms with Crippen LogP contribution in [0.1, 0.15) is 31.4 Å². The largest absolute Gasteiger partial charge is 0.348 e. The lowest BCUT2D eigenvalue weighted by molar-refractivity contribution is -0.122. The van der Waals surface area contributed by atoms with E-state index >= 15 is 0 Å². The summed E-state index contributed by atoms with van der Waals surface area (Å²) >= 11 is 13.4. The fraction of sp³-hybridized carbons (Fsp3) is 0.375. The molecule has 2 atom stereocenters. The van der Waals surface area contributed by atoms with Gasteiger partial charge in [0.25, 0.3) is 0 Å². The zero-order chi connectivity index (χ0) is 17.3. The third-order valence-corrected chi connectivity index (χ3v) is 5.51. The van der Waals surface area contributed by atoms with Crippen molar-refractivity contribution in [3.63, 3.8) is 0 Å². The van der Waals surface area contributed by atoms with Crippen LogP contribution in [0.3, 0.4) is 0 Å². The van der Waals surface area contributed by atoms with Crippen molar-refractivity contribution in [2.75, 3.05) is 11.4 Å². The minimum atomic E-state index is -0.553. The molecule has 0 saturated carbocycles. The Hall–Kier alpha value is -1.37. The Balaban J connectivity index is 1.73. The van der Waals surface area contributed by atoms with Crippen molar-refractivity contribution in [3.05, 3.63) is 45.1 Å². The monoisotopic (exact) mass is 387 g/mol. The molecule has 1 aliphatic rings. The molecular formula is C16H16Cl2FN3OS. The Morgan fingerprint density at radius 1 is 1.46 bits per heavy atom. The number of carbonyl (C=O) groups is 1. The third-order valence-electron chi connectivity index (χ3n) is 4.09. The van der Waals surface area contributed by atoms with E-state index < -0.39 is 11.9 Å². The van der Waals surface area contributed by atoms with Crippen LogP contribution in [0.4, 0.5) is 9.52 Å². The molecule has 1 N–H and O–H groups in total. The molecule has 1 aliphatic heterocycles. The fourth-order valence-corrected chi connectivity index (χ4v) is 4.15. The number of rotatable bonds is 4. The van der Waals surface area contributed by atoms with E-state index in [1.54, 1.807) is 13.1 Å². The van der Waals surface area contributed by atoms with Crippen molar-refractivity contribution in [1.29, 1.82) is 0 Å². The van der Waals surface area contributed by atoms with Crippen LogP contribution >= 0.6 is 34.5 Å². The second kappa shape index (κ2) is 7.25. The highest BCUT2D eigenvalue weighted by atomic mass is 35.5. The van der Waals surface area contributed by atoms with Gasteiger partial charge < -0.3 is 10.2 Å². The quantitative estimate of drug-likeness (QED) is 0.788. The van der Waals surface area contributed by atoms with Gasteiger partial charge in [0.1, 0.15) is 11.9 Å². The van der Waals surface area contributed by atoms with Gasteiger partial charge >= 0.3 is 0 Å². The van der Waals surface area contributed by atoms with Crippen molar-refractivity contribution in [1.82, 2.24) is 10.3 Å². The third kappa shape index (κ3) is 3.50. The van der Waals surface area contributed by atoms with E-state index in [1.807, 2.05) is 10.3 Å². The molecular weight excluding hydrogens is 372 g/mol. The topological polar surface area (TPSA) is 45.2 Å². The van der Waals surface area contributed by atoms with Gasteiger partial charge in [-0.3, -0.25) is 4.79 Å². The number of benzene rings is 1. The SMILES string of the molecule is CC(NC(=O)C1CCCN1c1nccs1)c1cc(F)c(Cl)cc1Cl. The van der Waals surface area contributed by atoms with Crippen LogP contribution in [0.15, 0.2) is 23.7 Å². The molecule has 3 rings (SSSR count). The normalized spacial score (nSPS) is 18.7. The Labute approximate surface area is 153 Å². The number of thiazole rings is 1. The molecule has 2 heterocycles. The van der Waals surface area contributed by atoms with Gasteiger partial charge in [-0.2, -0.15) is 0 Å². The number of nitrogens with zero attached hydrogens (tertiary/aromatic N) is 2. The maximum absolute atomic E-state index is 13.7. The summed E-state index contributed by atoms with van der Waals surface area (Å²) in [5.74, 6) is -0.663. The fourth-order valence-electron chi connectivity index (χ4n) is 2.88. The van der Waals surface area contributed by atoms with Crippen LogP contribution in [0.5, 0.6) is 0 Å². The molecule has 2 unspecified atom stereocenters. The Morgan fingerprint density at radius 2 is 2.25 bits per heavy atom. The summed E-state index contributed by atoms with van der Waals surface area (Å²) in [5.41, 5.74) is 0.505. The lowest BCUT2D eigenvalue weighted by Gasteiger charge is -2.25. The van der Waals surface area contributed by atoms with Gasteiger partial charge in [0.05, 0.1) is 11.1 Å². The van der Waals surface area contributed by atoms with Gasteiger partial charge in [-0.1, -0.05) is 23.2 Å². The van der Waals surface area contributed by atoms with Gasteiger partial charge in [0, 0.05) is 23.1 Å². The van der Waals surface area contributed by atoms with Gasteiger partial charge in [-0.05, 0) is 37.5 Å². The van der Waals surface area contributed by atoms with Gasteiger partial charge in [-0.15, -0.1) is 11.3 Å². The maximum atomic E-state index is 13.7.